The zero-order valence-electron chi connectivity index (χ0n) is 17.1. The second-order valence-electron chi connectivity index (χ2n) is 7.00. The fourth-order valence-corrected chi connectivity index (χ4v) is 3.40. The molecule has 1 amide bonds. The lowest BCUT2D eigenvalue weighted by Crippen LogP contribution is -2.17. The van der Waals surface area contributed by atoms with Crippen molar-refractivity contribution >= 4 is 33.1 Å². The molecule has 174 valence electrons. The number of nitrogens with zero attached hydrogens (tertiary/aromatic N) is 1. The molecular weight excluding hydrogens is 464 g/mol. The molecule has 3 aromatic rings. The van der Waals surface area contributed by atoms with Crippen LogP contribution >= 0.6 is 0 Å². The Labute approximate surface area is 186 Å². The summed E-state index contributed by atoms with van der Waals surface area (Å²) in [5.74, 6) is -1.02. The zero-order chi connectivity index (χ0) is 24.2. The summed E-state index contributed by atoms with van der Waals surface area (Å²) < 4.78 is 77.7. The van der Waals surface area contributed by atoms with E-state index in [4.69, 9.17) is 0 Å². The monoisotopic (exact) mass is 482 g/mol. The molecule has 1 heterocycles. The van der Waals surface area contributed by atoms with Gasteiger partial charge < -0.3 is 10.6 Å². The molecule has 0 aliphatic rings. The number of alkyl halides is 3. The van der Waals surface area contributed by atoms with Gasteiger partial charge in [0.25, 0.3) is 5.91 Å². The zero-order valence-corrected chi connectivity index (χ0v) is 17.9. The number of anilines is 3. The van der Waals surface area contributed by atoms with Gasteiger partial charge in [-0.2, -0.15) is 13.2 Å². The van der Waals surface area contributed by atoms with Gasteiger partial charge in [0.15, 0.2) is 0 Å². The average Bonchev–Trinajstić information content (AvgIpc) is 2.71. The molecule has 0 bridgehead atoms. The largest absolute Gasteiger partial charge is 0.416 e. The van der Waals surface area contributed by atoms with Gasteiger partial charge in [-0.3, -0.25) is 9.52 Å². The summed E-state index contributed by atoms with van der Waals surface area (Å²) in [4.78, 5) is 16.9. The Morgan fingerprint density at radius 2 is 1.70 bits per heavy atom. The van der Waals surface area contributed by atoms with Crippen molar-refractivity contribution in [1.29, 1.82) is 0 Å². The molecule has 3 N–H and O–H groups in total. The van der Waals surface area contributed by atoms with Gasteiger partial charge in [0, 0.05) is 18.4 Å². The van der Waals surface area contributed by atoms with Crippen molar-refractivity contribution < 1.29 is 30.8 Å². The summed E-state index contributed by atoms with van der Waals surface area (Å²) in [6.07, 6.45) is -2.56. The van der Waals surface area contributed by atoms with Crippen LogP contribution < -0.4 is 15.4 Å². The van der Waals surface area contributed by atoms with E-state index in [0.717, 1.165) is 12.3 Å². The lowest BCUT2D eigenvalue weighted by molar-refractivity contribution is -0.137. The number of rotatable bonds is 7. The van der Waals surface area contributed by atoms with Crippen LogP contribution in [0.2, 0.25) is 0 Å². The maximum atomic E-state index is 13.3. The lowest BCUT2D eigenvalue weighted by Gasteiger charge is -2.15. The molecular formula is C21H18F4N4O3S. The van der Waals surface area contributed by atoms with E-state index in [1.54, 1.807) is 12.1 Å². The number of hydrogen-bond donors (Lipinski definition) is 3. The van der Waals surface area contributed by atoms with Gasteiger partial charge in [-0.15, -0.1) is 0 Å². The Kier molecular flexibility index (Phi) is 6.86. The van der Waals surface area contributed by atoms with Crippen molar-refractivity contribution in [2.24, 2.45) is 0 Å². The van der Waals surface area contributed by atoms with E-state index >= 15 is 0 Å². The average molecular weight is 482 g/mol. The number of carbonyl (C=O) groups excluding carboxylic acids is 1. The minimum absolute atomic E-state index is 0.0367. The van der Waals surface area contributed by atoms with Crippen molar-refractivity contribution in [2.75, 3.05) is 21.6 Å². The topological polar surface area (TPSA) is 100 Å². The first-order chi connectivity index (χ1) is 15.4. The second kappa shape index (κ2) is 9.45. The molecule has 3 rings (SSSR count). The molecule has 12 heteroatoms. The number of carbonyl (C=O) groups is 1. The molecule has 0 saturated heterocycles. The highest BCUT2D eigenvalue weighted by atomic mass is 32.2. The van der Waals surface area contributed by atoms with Gasteiger partial charge in [0.05, 0.1) is 23.1 Å². The van der Waals surface area contributed by atoms with Crippen molar-refractivity contribution in [3.63, 3.8) is 0 Å². The Hall–Kier alpha value is -3.67. The molecule has 7 nitrogen and oxygen atoms in total. The van der Waals surface area contributed by atoms with Crippen LogP contribution in [0.1, 0.15) is 21.5 Å². The molecule has 0 unspecified atom stereocenters. The summed E-state index contributed by atoms with van der Waals surface area (Å²) in [5, 5.41) is 5.27. The van der Waals surface area contributed by atoms with Crippen LogP contribution in [0.3, 0.4) is 0 Å². The van der Waals surface area contributed by atoms with Gasteiger partial charge >= 0.3 is 6.18 Å². The first kappa shape index (κ1) is 24.0. The minimum Gasteiger partial charge on any atom is -0.365 e. The first-order valence-corrected chi connectivity index (χ1v) is 11.2. The van der Waals surface area contributed by atoms with E-state index in [-0.39, 0.29) is 29.3 Å². The predicted octanol–water partition coefficient (Wildman–Crippen LogP) is 4.48. The Morgan fingerprint density at radius 1 is 1.03 bits per heavy atom. The summed E-state index contributed by atoms with van der Waals surface area (Å²) in [7, 11) is -3.85. The molecule has 0 atom stereocenters. The molecule has 0 radical (unpaired) electrons. The maximum absolute atomic E-state index is 13.3. The van der Waals surface area contributed by atoms with Gasteiger partial charge in [-0.25, -0.2) is 17.8 Å². The molecule has 0 saturated carbocycles. The molecule has 0 fully saturated rings. The second-order valence-corrected chi connectivity index (χ2v) is 8.75. The Morgan fingerprint density at radius 3 is 2.33 bits per heavy atom. The number of hydrogen-bond acceptors (Lipinski definition) is 5. The van der Waals surface area contributed by atoms with Gasteiger partial charge in [0.2, 0.25) is 10.0 Å². The number of aromatic nitrogens is 1. The fraction of sp³-hybridized carbons (Fsp3) is 0.143. The molecule has 2 aromatic carbocycles. The van der Waals surface area contributed by atoms with Gasteiger partial charge in [-0.1, -0.05) is 12.1 Å². The van der Waals surface area contributed by atoms with E-state index in [0.29, 0.717) is 17.7 Å². The van der Waals surface area contributed by atoms with Crippen molar-refractivity contribution in [1.82, 2.24) is 4.98 Å². The lowest BCUT2D eigenvalue weighted by atomic mass is 10.1. The highest BCUT2D eigenvalue weighted by Crippen LogP contribution is 2.34. The third kappa shape index (κ3) is 6.91. The van der Waals surface area contributed by atoms with Crippen LogP contribution in [-0.2, 0) is 22.7 Å². The van der Waals surface area contributed by atoms with E-state index in [2.05, 4.69) is 15.6 Å². The number of amides is 1. The standard InChI is InChI=1S/C21H18F4N4O3S/c1-33(31,32)29-17-10-14(21(23,24)25)9-16(11-17)28-20(30)18-3-2-8-26-19(18)27-12-13-4-6-15(22)7-5-13/h2-11,29H,12H2,1H3,(H,26,27)(H,28,30). The normalized spacial score (nSPS) is 11.7. The quantitative estimate of drug-likeness (QED) is 0.432. The summed E-state index contributed by atoms with van der Waals surface area (Å²) in [6, 6.07) is 10.9. The maximum Gasteiger partial charge on any atom is 0.416 e. The molecule has 0 spiro atoms. The van der Waals surface area contributed by atoms with Crippen molar-refractivity contribution in [3.8, 4) is 0 Å². The fourth-order valence-electron chi connectivity index (χ4n) is 2.85. The molecule has 0 aliphatic heterocycles. The first-order valence-electron chi connectivity index (χ1n) is 9.35. The van der Waals surface area contributed by atoms with Crippen LogP contribution in [-0.4, -0.2) is 25.6 Å². The van der Waals surface area contributed by atoms with E-state index in [9.17, 15) is 30.8 Å². The smallest absolute Gasteiger partial charge is 0.365 e. The number of pyridine rings is 1. The summed E-state index contributed by atoms with van der Waals surface area (Å²) in [5.41, 5.74) is -1.03. The van der Waals surface area contributed by atoms with E-state index < -0.39 is 33.5 Å². The molecule has 1 aromatic heterocycles. The number of halogens is 4. The van der Waals surface area contributed by atoms with Crippen molar-refractivity contribution in [3.05, 3.63) is 83.3 Å². The number of nitrogens with one attached hydrogen (secondary N) is 3. The Bertz CT molecular complexity index is 1260. The Balaban J connectivity index is 1.85. The van der Waals surface area contributed by atoms with Crippen LogP contribution in [0.5, 0.6) is 0 Å². The van der Waals surface area contributed by atoms with Gasteiger partial charge in [-0.05, 0) is 48.0 Å². The van der Waals surface area contributed by atoms with Crippen molar-refractivity contribution in [2.45, 2.75) is 12.7 Å². The van der Waals surface area contributed by atoms with Crippen LogP contribution in [0.15, 0.2) is 60.8 Å². The highest BCUT2D eigenvalue weighted by Gasteiger charge is 2.31. The molecule has 33 heavy (non-hydrogen) atoms. The van der Waals surface area contributed by atoms with E-state index in [1.807, 2.05) is 4.72 Å². The predicted molar refractivity (Wildman–Crippen MR) is 116 cm³/mol. The highest BCUT2D eigenvalue weighted by molar-refractivity contribution is 7.92. The summed E-state index contributed by atoms with van der Waals surface area (Å²) >= 11 is 0. The third-order valence-electron chi connectivity index (χ3n) is 4.25. The van der Waals surface area contributed by atoms with Crippen LogP contribution in [0, 0.1) is 5.82 Å². The SMILES string of the molecule is CS(=O)(=O)Nc1cc(NC(=O)c2cccnc2NCc2ccc(F)cc2)cc(C(F)(F)F)c1. The minimum atomic E-state index is -4.77. The third-order valence-corrected chi connectivity index (χ3v) is 4.85. The van der Waals surface area contributed by atoms with Crippen LogP contribution in [0.25, 0.3) is 0 Å². The van der Waals surface area contributed by atoms with Gasteiger partial charge in [0.1, 0.15) is 11.6 Å². The summed E-state index contributed by atoms with van der Waals surface area (Å²) in [6.45, 7) is 0.212. The van der Waals surface area contributed by atoms with E-state index in [1.165, 1.54) is 30.5 Å². The number of sulfonamides is 1. The molecule has 0 aliphatic carbocycles. The van der Waals surface area contributed by atoms with Crippen LogP contribution in [0.4, 0.5) is 34.8 Å². The number of benzene rings is 2.